The van der Waals surface area contributed by atoms with Crippen molar-refractivity contribution < 1.29 is 19.1 Å². The second-order valence-electron chi connectivity index (χ2n) is 6.92. The van der Waals surface area contributed by atoms with Crippen molar-refractivity contribution in [3.63, 3.8) is 0 Å². The van der Waals surface area contributed by atoms with Crippen molar-refractivity contribution in [3.8, 4) is 5.75 Å². The minimum Gasteiger partial charge on any atom is -0.497 e. The van der Waals surface area contributed by atoms with E-state index < -0.39 is 5.97 Å². The molecule has 2 aromatic carbocycles. The predicted molar refractivity (Wildman–Crippen MR) is 114 cm³/mol. The van der Waals surface area contributed by atoms with E-state index in [9.17, 15) is 9.59 Å². The van der Waals surface area contributed by atoms with Crippen LogP contribution >= 0.6 is 0 Å². The molecule has 2 aromatic rings. The number of anilines is 1. The number of benzene rings is 2. The number of ether oxygens (including phenoxy) is 2. The molecule has 1 heterocycles. The molecule has 0 atom stereocenters. The highest BCUT2D eigenvalue weighted by atomic mass is 16.5. The van der Waals surface area contributed by atoms with Crippen LogP contribution in [-0.4, -0.2) is 25.6 Å². The Bertz CT molecular complexity index is 1030. The van der Waals surface area contributed by atoms with E-state index >= 15 is 0 Å². The molecule has 3 rings (SSSR count). The molecule has 1 amide bonds. The van der Waals surface area contributed by atoms with Crippen LogP contribution in [0, 0.1) is 13.8 Å². The molecule has 5 nitrogen and oxygen atoms in total. The van der Waals surface area contributed by atoms with Crippen LogP contribution in [0.1, 0.15) is 30.5 Å². The van der Waals surface area contributed by atoms with Crippen LogP contribution in [0.2, 0.25) is 0 Å². The Kier molecular flexibility index (Phi) is 5.87. The molecular weight excluding hydrogens is 366 g/mol. The molecule has 5 heteroatoms. The zero-order chi connectivity index (χ0) is 21.1. The van der Waals surface area contributed by atoms with Crippen molar-refractivity contribution in [2.75, 3.05) is 18.6 Å². The summed E-state index contributed by atoms with van der Waals surface area (Å²) in [6.07, 6.45) is 1.71. The minimum atomic E-state index is -0.501. The van der Waals surface area contributed by atoms with Crippen LogP contribution < -0.4 is 9.64 Å². The standard InChI is InChI=1S/C24H25NO4/c1-6-29-24(27)22-17(4)25(19-11-10-15(2)16(3)12-19)23(26)21(22)14-18-8-7-9-20(13-18)28-5/h7-14H,6H2,1-5H3. The van der Waals surface area contributed by atoms with Crippen molar-refractivity contribution in [2.24, 2.45) is 0 Å². The molecule has 1 aliphatic heterocycles. The average Bonchev–Trinajstić information content (AvgIpc) is 2.94. The molecule has 0 N–H and O–H groups in total. The summed E-state index contributed by atoms with van der Waals surface area (Å²) in [6.45, 7) is 7.77. The van der Waals surface area contributed by atoms with Crippen LogP contribution in [0.5, 0.6) is 5.75 Å². The SMILES string of the molecule is CCOC(=O)C1=C(C)N(c2ccc(C)c(C)c2)C(=O)C1=Cc1cccc(OC)c1. The maximum absolute atomic E-state index is 13.4. The summed E-state index contributed by atoms with van der Waals surface area (Å²) < 4.78 is 10.5. The van der Waals surface area contributed by atoms with E-state index in [1.54, 1.807) is 31.9 Å². The van der Waals surface area contributed by atoms with Crippen LogP contribution in [0.15, 0.2) is 59.3 Å². The third-order valence-electron chi connectivity index (χ3n) is 5.03. The van der Waals surface area contributed by atoms with Gasteiger partial charge in [0.05, 0.1) is 24.9 Å². The first-order valence-corrected chi connectivity index (χ1v) is 9.53. The number of amides is 1. The second-order valence-corrected chi connectivity index (χ2v) is 6.92. The van der Waals surface area contributed by atoms with Gasteiger partial charge < -0.3 is 9.47 Å². The Morgan fingerprint density at radius 2 is 1.83 bits per heavy atom. The Morgan fingerprint density at radius 3 is 2.48 bits per heavy atom. The summed E-state index contributed by atoms with van der Waals surface area (Å²) >= 11 is 0. The molecule has 0 spiro atoms. The number of nitrogens with zero attached hydrogens (tertiary/aromatic N) is 1. The molecule has 150 valence electrons. The molecule has 0 saturated carbocycles. The molecular formula is C24H25NO4. The fourth-order valence-corrected chi connectivity index (χ4v) is 3.35. The molecule has 0 fully saturated rings. The number of methoxy groups -OCH3 is 1. The summed E-state index contributed by atoms with van der Waals surface area (Å²) in [7, 11) is 1.59. The fraction of sp³-hybridized carbons (Fsp3) is 0.250. The summed E-state index contributed by atoms with van der Waals surface area (Å²) in [5, 5.41) is 0. The first-order valence-electron chi connectivity index (χ1n) is 9.53. The molecule has 0 bridgehead atoms. The van der Waals surface area contributed by atoms with Crippen molar-refractivity contribution in [3.05, 3.63) is 76.0 Å². The van der Waals surface area contributed by atoms with Gasteiger partial charge in [0.2, 0.25) is 0 Å². The van der Waals surface area contributed by atoms with E-state index in [0.29, 0.717) is 17.0 Å². The van der Waals surface area contributed by atoms with Gasteiger partial charge in [-0.15, -0.1) is 0 Å². The van der Waals surface area contributed by atoms with E-state index in [0.717, 1.165) is 22.4 Å². The molecule has 1 aliphatic rings. The second kappa shape index (κ2) is 8.35. The van der Waals surface area contributed by atoms with Gasteiger partial charge >= 0.3 is 5.97 Å². The van der Waals surface area contributed by atoms with Gasteiger partial charge in [0.15, 0.2) is 0 Å². The Morgan fingerprint density at radius 1 is 1.07 bits per heavy atom. The number of hydrogen-bond donors (Lipinski definition) is 0. The van der Waals surface area contributed by atoms with Crippen molar-refractivity contribution in [2.45, 2.75) is 27.7 Å². The molecule has 0 unspecified atom stereocenters. The first-order chi connectivity index (χ1) is 13.9. The molecule has 0 aliphatic carbocycles. The third-order valence-corrected chi connectivity index (χ3v) is 5.03. The largest absolute Gasteiger partial charge is 0.497 e. The Labute approximate surface area is 171 Å². The van der Waals surface area contributed by atoms with E-state index in [4.69, 9.17) is 9.47 Å². The highest BCUT2D eigenvalue weighted by Gasteiger charge is 2.38. The van der Waals surface area contributed by atoms with Crippen LogP contribution in [0.3, 0.4) is 0 Å². The van der Waals surface area contributed by atoms with E-state index in [1.165, 1.54) is 0 Å². The smallest absolute Gasteiger partial charge is 0.340 e. The number of carbonyl (C=O) groups is 2. The molecule has 0 radical (unpaired) electrons. The topological polar surface area (TPSA) is 55.8 Å². The van der Waals surface area contributed by atoms with Gasteiger partial charge in [-0.1, -0.05) is 18.2 Å². The first kappa shape index (κ1) is 20.4. The quantitative estimate of drug-likeness (QED) is 0.553. The lowest BCUT2D eigenvalue weighted by molar-refractivity contribution is -0.138. The zero-order valence-electron chi connectivity index (χ0n) is 17.4. The third kappa shape index (κ3) is 3.94. The monoisotopic (exact) mass is 391 g/mol. The van der Waals surface area contributed by atoms with Gasteiger partial charge in [-0.05, 0) is 74.7 Å². The van der Waals surface area contributed by atoms with E-state index in [2.05, 4.69) is 0 Å². The minimum absolute atomic E-state index is 0.236. The zero-order valence-corrected chi connectivity index (χ0v) is 17.4. The normalized spacial score (nSPS) is 15.3. The molecule has 0 saturated heterocycles. The number of rotatable bonds is 5. The Hall–Kier alpha value is -3.34. The highest BCUT2D eigenvalue weighted by molar-refractivity contribution is 6.23. The summed E-state index contributed by atoms with van der Waals surface area (Å²) in [5.41, 5.74) is 4.87. The van der Waals surface area contributed by atoms with Gasteiger partial charge in [-0.2, -0.15) is 0 Å². The van der Waals surface area contributed by atoms with Crippen LogP contribution in [-0.2, 0) is 14.3 Å². The number of aryl methyl sites for hydroxylation is 2. The lowest BCUT2D eigenvalue weighted by atomic mass is 10.0. The fourth-order valence-electron chi connectivity index (χ4n) is 3.35. The van der Waals surface area contributed by atoms with Crippen molar-refractivity contribution in [1.29, 1.82) is 0 Å². The number of carbonyl (C=O) groups excluding carboxylic acids is 2. The number of allylic oxidation sites excluding steroid dienone is 1. The van der Waals surface area contributed by atoms with Gasteiger partial charge in [0.1, 0.15) is 5.75 Å². The van der Waals surface area contributed by atoms with Gasteiger partial charge in [0, 0.05) is 11.4 Å². The highest BCUT2D eigenvalue weighted by Crippen LogP contribution is 2.36. The van der Waals surface area contributed by atoms with Gasteiger partial charge in [0.25, 0.3) is 5.91 Å². The summed E-state index contributed by atoms with van der Waals surface area (Å²) in [4.78, 5) is 27.6. The van der Waals surface area contributed by atoms with E-state index in [1.807, 2.05) is 56.3 Å². The van der Waals surface area contributed by atoms with Gasteiger partial charge in [-0.25, -0.2) is 4.79 Å². The van der Waals surface area contributed by atoms with Crippen LogP contribution in [0.25, 0.3) is 6.08 Å². The lowest BCUT2D eigenvalue weighted by Crippen LogP contribution is -2.24. The maximum atomic E-state index is 13.4. The number of esters is 1. The Balaban J connectivity index is 2.14. The average molecular weight is 391 g/mol. The summed E-state index contributed by atoms with van der Waals surface area (Å²) in [6, 6.07) is 13.2. The molecule has 0 aromatic heterocycles. The summed E-state index contributed by atoms with van der Waals surface area (Å²) in [5.74, 6) is -0.0790. The van der Waals surface area contributed by atoms with Crippen LogP contribution in [0.4, 0.5) is 5.69 Å². The lowest BCUT2D eigenvalue weighted by Gasteiger charge is -2.19. The van der Waals surface area contributed by atoms with Gasteiger partial charge in [-0.3, -0.25) is 9.69 Å². The van der Waals surface area contributed by atoms with Crippen molar-refractivity contribution in [1.82, 2.24) is 0 Å². The molecule has 29 heavy (non-hydrogen) atoms. The number of hydrogen-bond acceptors (Lipinski definition) is 4. The van der Waals surface area contributed by atoms with Crippen molar-refractivity contribution >= 4 is 23.6 Å². The van der Waals surface area contributed by atoms with E-state index in [-0.39, 0.29) is 18.1 Å². The predicted octanol–water partition coefficient (Wildman–Crippen LogP) is 4.58. The maximum Gasteiger partial charge on any atom is 0.340 e.